The molecule has 0 saturated carbocycles. The maximum Gasteiger partial charge on any atom is 0.259 e. The van der Waals surface area contributed by atoms with E-state index in [1.54, 1.807) is 19.2 Å². The Labute approximate surface area is 141 Å². The fourth-order valence-corrected chi connectivity index (χ4v) is 3.53. The van der Waals surface area contributed by atoms with Gasteiger partial charge in [0.15, 0.2) is 9.84 Å². The molecule has 0 saturated heterocycles. The third-order valence-electron chi connectivity index (χ3n) is 3.94. The maximum absolute atomic E-state index is 12.8. The standard InChI is InChI=1S/C19H17NO3S/c1-20(16-12-11-14-7-3-4-8-15(14)13-16)19(21)17-9-5-6-10-18(17)24(2,22)23/h3-13H,1-2H3. The van der Waals surface area contributed by atoms with Crippen molar-refractivity contribution in [3.8, 4) is 0 Å². The van der Waals surface area contributed by atoms with E-state index in [1.807, 2.05) is 42.5 Å². The Kier molecular flexibility index (Phi) is 4.11. The SMILES string of the molecule is CN(C(=O)c1ccccc1S(C)(=O)=O)c1ccc2ccccc2c1. The second kappa shape index (κ2) is 6.09. The Morgan fingerprint density at radius 1 is 0.875 bits per heavy atom. The van der Waals surface area contributed by atoms with E-state index in [9.17, 15) is 13.2 Å². The number of benzene rings is 3. The predicted octanol–water partition coefficient (Wildman–Crippen LogP) is 3.52. The summed E-state index contributed by atoms with van der Waals surface area (Å²) in [5, 5.41) is 2.10. The van der Waals surface area contributed by atoms with Crippen molar-refractivity contribution in [3.05, 3.63) is 72.3 Å². The van der Waals surface area contributed by atoms with E-state index in [1.165, 1.54) is 17.0 Å². The van der Waals surface area contributed by atoms with E-state index in [4.69, 9.17) is 0 Å². The molecule has 5 heteroatoms. The van der Waals surface area contributed by atoms with E-state index in [0.717, 1.165) is 17.0 Å². The van der Waals surface area contributed by atoms with E-state index >= 15 is 0 Å². The molecule has 0 aliphatic carbocycles. The van der Waals surface area contributed by atoms with E-state index in [-0.39, 0.29) is 16.4 Å². The molecule has 122 valence electrons. The van der Waals surface area contributed by atoms with Gasteiger partial charge in [-0.3, -0.25) is 4.79 Å². The summed E-state index contributed by atoms with van der Waals surface area (Å²) >= 11 is 0. The summed E-state index contributed by atoms with van der Waals surface area (Å²) in [6, 6.07) is 19.8. The van der Waals surface area contributed by atoms with Gasteiger partial charge in [-0.25, -0.2) is 8.42 Å². The van der Waals surface area contributed by atoms with Crippen LogP contribution in [0.2, 0.25) is 0 Å². The third-order valence-corrected chi connectivity index (χ3v) is 5.10. The summed E-state index contributed by atoms with van der Waals surface area (Å²) in [7, 11) is -1.83. The molecule has 0 aromatic heterocycles. The molecule has 0 fully saturated rings. The summed E-state index contributed by atoms with van der Waals surface area (Å²) in [6.45, 7) is 0. The highest BCUT2D eigenvalue weighted by Crippen LogP contribution is 2.24. The lowest BCUT2D eigenvalue weighted by Gasteiger charge is -2.19. The minimum atomic E-state index is -3.48. The Hall–Kier alpha value is -2.66. The second-order valence-corrected chi connectivity index (χ2v) is 7.65. The minimum absolute atomic E-state index is 0.0441. The number of hydrogen-bond donors (Lipinski definition) is 0. The first-order valence-electron chi connectivity index (χ1n) is 7.44. The fourth-order valence-electron chi connectivity index (χ4n) is 2.65. The van der Waals surface area contributed by atoms with Crippen molar-refractivity contribution in [2.24, 2.45) is 0 Å². The van der Waals surface area contributed by atoms with Crippen molar-refractivity contribution < 1.29 is 13.2 Å². The Morgan fingerprint density at radius 3 is 2.21 bits per heavy atom. The molecule has 0 atom stereocenters. The van der Waals surface area contributed by atoms with E-state index < -0.39 is 9.84 Å². The van der Waals surface area contributed by atoms with Crippen molar-refractivity contribution in [1.82, 2.24) is 0 Å². The first-order chi connectivity index (χ1) is 11.4. The van der Waals surface area contributed by atoms with Crippen LogP contribution < -0.4 is 4.90 Å². The van der Waals surface area contributed by atoms with Gasteiger partial charge in [0.1, 0.15) is 0 Å². The highest BCUT2D eigenvalue weighted by atomic mass is 32.2. The molecule has 0 radical (unpaired) electrons. The highest BCUT2D eigenvalue weighted by molar-refractivity contribution is 7.90. The quantitative estimate of drug-likeness (QED) is 0.734. The Balaban J connectivity index is 2.03. The lowest BCUT2D eigenvalue weighted by Crippen LogP contribution is -2.27. The summed E-state index contributed by atoms with van der Waals surface area (Å²) < 4.78 is 23.8. The molecule has 0 aliphatic heterocycles. The zero-order valence-electron chi connectivity index (χ0n) is 13.4. The molecule has 0 heterocycles. The molecule has 3 aromatic carbocycles. The molecule has 1 amide bonds. The van der Waals surface area contributed by atoms with Gasteiger partial charge in [-0.05, 0) is 35.0 Å². The lowest BCUT2D eigenvalue weighted by atomic mass is 10.1. The number of carbonyl (C=O) groups excluding carboxylic acids is 1. The predicted molar refractivity (Wildman–Crippen MR) is 96.2 cm³/mol. The zero-order chi connectivity index (χ0) is 17.3. The van der Waals surface area contributed by atoms with Gasteiger partial charge in [-0.2, -0.15) is 0 Å². The van der Waals surface area contributed by atoms with Crippen molar-refractivity contribution in [2.45, 2.75) is 4.90 Å². The van der Waals surface area contributed by atoms with Gasteiger partial charge in [0, 0.05) is 19.0 Å². The number of hydrogen-bond acceptors (Lipinski definition) is 3. The number of sulfone groups is 1. The summed E-state index contributed by atoms with van der Waals surface area (Å²) in [5.41, 5.74) is 0.887. The summed E-state index contributed by atoms with van der Waals surface area (Å²) in [6.07, 6.45) is 1.11. The number of fused-ring (bicyclic) bond motifs is 1. The smallest absolute Gasteiger partial charge is 0.259 e. The van der Waals surface area contributed by atoms with Crippen LogP contribution in [-0.2, 0) is 9.84 Å². The molecular formula is C19H17NO3S. The number of anilines is 1. The Bertz CT molecular complexity index is 1030. The maximum atomic E-state index is 12.8. The first kappa shape index (κ1) is 16.2. The van der Waals surface area contributed by atoms with Gasteiger partial charge >= 0.3 is 0 Å². The molecule has 0 spiro atoms. The van der Waals surface area contributed by atoms with Crippen molar-refractivity contribution in [3.63, 3.8) is 0 Å². The molecule has 0 bridgehead atoms. The Morgan fingerprint density at radius 2 is 1.50 bits per heavy atom. The van der Waals surface area contributed by atoms with Gasteiger partial charge in [0.2, 0.25) is 0 Å². The van der Waals surface area contributed by atoms with Crippen LogP contribution in [-0.4, -0.2) is 27.6 Å². The number of rotatable bonds is 3. The second-order valence-electron chi connectivity index (χ2n) is 5.66. The summed E-state index contributed by atoms with van der Waals surface area (Å²) in [5.74, 6) is -0.355. The average molecular weight is 339 g/mol. The van der Waals surface area contributed by atoms with Crippen LogP contribution in [0.5, 0.6) is 0 Å². The average Bonchev–Trinajstić information content (AvgIpc) is 2.59. The lowest BCUT2D eigenvalue weighted by molar-refractivity contribution is 0.0990. The van der Waals surface area contributed by atoms with Gasteiger partial charge in [0.25, 0.3) is 5.91 Å². The first-order valence-corrected chi connectivity index (χ1v) is 9.33. The monoisotopic (exact) mass is 339 g/mol. The fraction of sp³-hybridized carbons (Fsp3) is 0.105. The van der Waals surface area contributed by atoms with E-state index in [2.05, 4.69) is 0 Å². The van der Waals surface area contributed by atoms with E-state index in [0.29, 0.717) is 5.69 Å². The highest BCUT2D eigenvalue weighted by Gasteiger charge is 2.21. The number of amides is 1. The molecule has 0 aliphatic rings. The molecule has 4 nitrogen and oxygen atoms in total. The number of nitrogens with zero attached hydrogens (tertiary/aromatic N) is 1. The van der Waals surface area contributed by atoms with Crippen LogP contribution in [0.25, 0.3) is 10.8 Å². The van der Waals surface area contributed by atoms with Crippen LogP contribution in [0.4, 0.5) is 5.69 Å². The van der Waals surface area contributed by atoms with Crippen LogP contribution >= 0.6 is 0 Å². The van der Waals surface area contributed by atoms with Gasteiger partial charge in [-0.1, -0.05) is 42.5 Å². The van der Waals surface area contributed by atoms with Gasteiger partial charge < -0.3 is 4.90 Å². The topological polar surface area (TPSA) is 54.5 Å². The van der Waals surface area contributed by atoms with Gasteiger partial charge in [0.05, 0.1) is 10.5 Å². The third kappa shape index (κ3) is 3.03. The largest absolute Gasteiger partial charge is 0.311 e. The molecule has 24 heavy (non-hydrogen) atoms. The zero-order valence-corrected chi connectivity index (χ0v) is 14.2. The van der Waals surface area contributed by atoms with Crippen LogP contribution in [0, 0.1) is 0 Å². The molecular weight excluding hydrogens is 322 g/mol. The molecule has 0 N–H and O–H groups in total. The van der Waals surface area contributed by atoms with Gasteiger partial charge in [-0.15, -0.1) is 0 Å². The molecule has 3 aromatic rings. The van der Waals surface area contributed by atoms with Crippen LogP contribution in [0.1, 0.15) is 10.4 Å². The van der Waals surface area contributed by atoms with Crippen molar-refractivity contribution in [2.75, 3.05) is 18.2 Å². The normalized spacial score (nSPS) is 11.4. The minimum Gasteiger partial charge on any atom is -0.311 e. The van der Waals surface area contributed by atoms with Crippen LogP contribution in [0.15, 0.2) is 71.6 Å². The number of carbonyl (C=O) groups is 1. The summed E-state index contributed by atoms with van der Waals surface area (Å²) in [4.78, 5) is 14.3. The van der Waals surface area contributed by atoms with Crippen molar-refractivity contribution in [1.29, 1.82) is 0 Å². The van der Waals surface area contributed by atoms with Crippen LogP contribution in [0.3, 0.4) is 0 Å². The molecule has 0 unspecified atom stereocenters. The van der Waals surface area contributed by atoms with Crippen molar-refractivity contribution >= 4 is 32.2 Å². The molecule has 3 rings (SSSR count).